The predicted octanol–water partition coefficient (Wildman–Crippen LogP) is 2.74. The van der Waals surface area contributed by atoms with E-state index < -0.39 is 6.04 Å². The van der Waals surface area contributed by atoms with Gasteiger partial charge in [0.15, 0.2) is 0 Å². The number of halogens is 3. The van der Waals surface area contributed by atoms with Crippen LogP contribution in [0.3, 0.4) is 0 Å². The van der Waals surface area contributed by atoms with Crippen LogP contribution in [0.1, 0.15) is 25.1 Å². The maximum absolute atomic E-state index is 13.2. The number of benzene rings is 1. The van der Waals surface area contributed by atoms with Gasteiger partial charge in [0.05, 0.1) is 12.6 Å². The topological polar surface area (TPSA) is 88.3 Å². The van der Waals surface area contributed by atoms with Gasteiger partial charge >= 0.3 is 0 Å². The van der Waals surface area contributed by atoms with Crippen molar-refractivity contribution in [2.24, 2.45) is 11.7 Å². The molecule has 1 aromatic carbocycles. The molecule has 1 atom stereocenters. The number of nitrogens with two attached hydrogens (primary N) is 1. The quantitative estimate of drug-likeness (QED) is 0.604. The van der Waals surface area contributed by atoms with Crippen LogP contribution in [0.2, 0.25) is 0 Å². The number of rotatable bonds is 9. The van der Waals surface area contributed by atoms with Crippen molar-refractivity contribution in [3.05, 3.63) is 65.7 Å². The molecule has 6 nitrogen and oxygen atoms in total. The molecule has 2 aromatic rings. The molecule has 9 heteroatoms. The fraction of sp³-hybridized carbons (Fsp3) is 0.381. The number of pyridine rings is 1. The van der Waals surface area contributed by atoms with Crippen LogP contribution in [0.15, 0.2) is 48.7 Å². The van der Waals surface area contributed by atoms with E-state index in [1.165, 1.54) is 12.1 Å². The molecular formula is C21H29Cl2FN4O2. The number of carbonyl (C=O) groups is 2. The monoisotopic (exact) mass is 458 g/mol. The zero-order chi connectivity index (χ0) is 20.5. The number of hydrogen-bond donors (Lipinski definition) is 2. The number of nitrogens with zero attached hydrogens (tertiary/aromatic N) is 2. The minimum atomic E-state index is -0.660. The summed E-state index contributed by atoms with van der Waals surface area (Å²) in [6.45, 7) is 4.31. The third-order valence-corrected chi connectivity index (χ3v) is 4.44. The summed E-state index contributed by atoms with van der Waals surface area (Å²) in [6.07, 6.45) is 2.28. The summed E-state index contributed by atoms with van der Waals surface area (Å²) in [7, 11) is 0. The summed E-state index contributed by atoms with van der Waals surface area (Å²) in [4.78, 5) is 30.6. The zero-order valence-electron chi connectivity index (χ0n) is 17.1. The van der Waals surface area contributed by atoms with E-state index in [4.69, 9.17) is 5.73 Å². The van der Waals surface area contributed by atoms with E-state index in [0.717, 1.165) is 11.3 Å². The van der Waals surface area contributed by atoms with Gasteiger partial charge in [-0.1, -0.05) is 32.0 Å². The standard InChI is InChI=1S/C21H27FN4O2.2ClH/c1-15(2)20(23)21(28)25-13-19(27)26(12-10-18-5-3-4-11-24-18)14-16-6-8-17(22)9-7-16;;/h3-9,11,15,20H,10,12-14,23H2,1-2H3,(H,25,28);2*1H/t20-;;/m0../s1. The van der Waals surface area contributed by atoms with E-state index in [0.29, 0.717) is 19.5 Å². The second kappa shape index (κ2) is 13.9. The van der Waals surface area contributed by atoms with E-state index in [9.17, 15) is 14.0 Å². The molecule has 0 spiro atoms. The number of carbonyl (C=O) groups excluding carboxylic acids is 2. The molecule has 0 saturated heterocycles. The van der Waals surface area contributed by atoms with E-state index in [1.54, 1.807) is 23.2 Å². The number of hydrogen-bond acceptors (Lipinski definition) is 4. The molecule has 30 heavy (non-hydrogen) atoms. The van der Waals surface area contributed by atoms with Crippen molar-refractivity contribution >= 4 is 36.6 Å². The Kier molecular flexibility index (Phi) is 12.9. The fourth-order valence-electron chi connectivity index (χ4n) is 2.59. The van der Waals surface area contributed by atoms with Gasteiger partial charge in [-0.2, -0.15) is 0 Å². The van der Waals surface area contributed by atoms with Crippen molar-refractivity contribution in [1.82, 2.24) is 15.2 Å². The molecule has 0 bridgehead atoms. The van der Waals surface area contributed by atoms with E-state index in [2.05, 4.69) is 10.3 Å². The first kappa shape index (κ1) is 27.8. The normalized spacial score (nSPS) is 11.1. The Hall–Kier alpha value is -2.22. The Morgan fingerprint density at radius 1 is 1.13 bits per heavy atom. The lowest BCUT2D eigenvalue weighted by molar-refractivity contribution is -0.133. The second-order valence-electron chi connectivity index (χ2n) is 7.00. The van der Waals surface area contributed by atoms with E-state index >= 15 is 0 Å². The first-order valence-electron chi connectivity index (χ1n) is 9.32. The van der Waals surface area contributed by atoms with Crippen molar-refractivity contribution < 1.29 is 14.0 Å². The highest BCUT2D eigenvalue weighted by atomic mass is 35.5. The molecule has 2 rings (SSSR count). The lowest BCUT2D eigenvalue weighted by atomic mass is 10.1. The Morgan fingerprint density at radius 3 is 2.37 bits per heavy atom. The van der Waals surface area contributed by atoms with Gasteiger partial charge in [-0.25, -0.2) is 4.39 Å². The number of amides is 2. The van der Waals surface area contributed by atoms with Crippen LogP contribution in [0.25, 0.3) is 0 Å². The van der Waals surface area contributed by atoms with E-state index in [-0.39, 0.29) is 54.9 Å². The molecule has 0 saturated carbocycles. The van der Waals surface area contributed by atoms with Gasteiger partial charge in [0.1, 0.15) is 5.82 Å². The van der Waals surface area contributed by atoms with Crippen LogP contribution in [-0.2, 0) is 22.6 Å². The van der Waals surface area contributed by atoms with Gasteiger partial charge < -0.3 is 16.0 Å². The van der Waals surface area contributed by atoms with Gasteiger partial charge in [-0.3, -0.25) is 14.6 Å². The van der Waals surface area contributed by atoms with Crippen molar-refractivity contribution in [2.75, 3.05) is 13.1 Å². The Balaban J connectivity index is 0.00000420. The van der Waals surface area contributed by atoms with Crippen molar-refractivity contribution in [3.63, 3.8) is 0 Å². The summed E-state index contributed by atoms with van der Waals surface area (Å²) >= 11 is 0. The number of nitrogens with one attached hydrogen (secondary N) is 1. The first-order chi connectivity index (χ1) is 13.4. The molecular weight excluding hydrogens is 430 g/mol. The van der Waals surface area contributed by atoms with Crippen molar-refractivity contribution in [2.45, 2.75) is 32.9 Å². The largest absolute Gasteiger partial charge is 0.346 e. The van der Waals surface area contributed by atoms with Gasteiger partial charge in [-0.15, -0.1) is 24.8 Å². The highest BCUT2D eigenvalue weighted by Gasteiger charge is 2.20. The fourth-order valence-corrected chi connectivity index (χ4v) is 2.59. The summed E-state index contributed by atoms with van der Waals surface area (Å²) in [5.74, 6) is -0.931. The minimum Gasteiger partial charge on any atom is -0.346 e. The van der Waals surface area contributed by atoms with Crippen LogP contribution in [-0.4, -0.2) is 40.8 Å². The predicted molar refractivity (Wildman–Crippen MR) is 120 cm³/mol. The average molecular weight is 459 g/mol. The lowest BCUT2D eigenvalue weighted by Gasteiger charge is -2.24. The number of aromatic nitrogens is 1. The van der Waals surface area contributed by atoms with Gasteiger partial charge in [0.25, 0.3) is 0 Å². The summed E-state index contributed by atoms with van der Waals surface area (Å²) in [5.41, 5.74) is 7.49. The molecule has 1 aromatic heterocycles. The first-order valence-corrected chi connectivity index (χ1v) is 9.32. The maximum Gasteiger partial charge on any atom is 0.242 e. The van der Waals surface area contributed by atoms with Crippen LogP contribution >= 0.6 is 24.8 Å². The van der Waals surface area contributed by atoms with Crippen LogP contribution in [0.4, 0.5) is 4.39 Å². The molecule has 0 radical (unpaired) electrons. The molecule has 2 amide bonds. The van der Waals surface area contributed by atoms with Crippen molar-refractivity contribution in [1.29, 1.82) is 0 Å². The molecule has 1 heterocycles. The summed E-state index contributed by atoms with van der Waals surface area (Å²) in [5, 5.41) is 2.61. The Bertz CT molecular complexity index is 776. The third kappa shape index (κ3) is 9.07. The van der Waals surface area contributed by atoms with Crippen LogP contribution in [0, 0.1) is 11.7 Å². The third-order valence-electron chi connectivity index (χ3n) is 4.44. The molecule has 166 valence electrons. The van der Waals surface area contributed by atoms with Crippen LogP contribution < -0.4 is 11.1 Å². The van der Waals surface area contributed by atoms with Gasteiger partial charge in [0.2, 0.25) is 11.8 Å². The van der Waals surface area contributed by atoms with Gasteiger partial charge in [-0.05, 0) is 35.7 Å². The molecule has 0 fully saturated rings. The summed E-state index contributed by atoms with van der Waals surface area (Å²) in [6, 6.07) is 11.0. The van der Waals surface area contributed by atoms with Crippen molar-refractivity contribution in [3.8, 4) is 0 Å². The highest BCUT2D eigenvalue weighted by Crippen LogP contribution is 2.08. The SMILES string of the molecule is CC(C)[C@H](N)C(=O)NCC(=O)N(CCc1ccccn1)Cc1ccc(F)cc1.Cl.Cl. The maximum atomic E-state index is 13.2. The van der Waals surface area contributed by atoms with E-state index in [1.807, 2.05) is 32.0 Å². The van der Waals surface area contributed by atoms with Gasteiger partial charge in [0, 0.05) is 31.4 Å². The Labute approximate surface area is 189 Å². The highest BCUT2D eigenvalue weighted by molar-refractivity contribution is 5.87. The zero-order valence-corrected chi connectivity index (χ0v) is 18.7. The summed E-state index contributed by atoms with van der Waals surface area (Å²) < 4.78 is 13.2. The molecule has 3 N–H and O–H groups in total. The minimum absolute atomic E-state index is 0. The molecule has 0 aliphatic heterocycles. The molecule has 0 unspecified atom stereocenters. The molecule has 0 aliphatic carbocycles. The second-order valence-corrected chi connectivity index (χ2v) is 7.00. The Morgan fingerprint density at radius 2 is 1.80 bits per heavy atom. The smallest absolute Gasteiger partial charge is 0.242 e. The lowest BCUT2D eigenvalue weighted by Crippen LogP contribution is -2.48. The van der Waals surface area contributed by atoms with Crippen LogP contribution in [0.5, 0.6) is 0 Å². The molecule has 0 aliphatic rings. The average Bonchev–Trinajstić information content (AvgIpc) is 2.70.